The summed E-state index contributed by atoms with van der Waals surface area (Å²) in [4.78, 5) is 15.1. The molecule has 0 aliphatic carbocycles. The summed E-state index contributed by atoms with van der Waals surface area (Å²) in [6, 6.07) is 0.352. The van der Waals surface area contributed by atoms with Crippen molar-refractivity contribution < 1.29 is 4.74 Å². The first-order chi connectivity index (χ1) is 9.58. The minimum Gasteiger partial charge on any atom is -0.378 e. The van der Waals surface area contributed by atoms with E-state index in [2.05, 4.69) is 32.5 Å². The van der Waals surface area contributed by atoms with Gasteiger partial charge in [-0.25, -0.2) is 0 Å². The zero-order chi connectivity index (χ0) is 14.5. The molecule has 1 fully saturated rings. The van der Waals surface area contributed by atoms with Crippen LogP contribution in [0, 0.1) is 0 Å². The quantitative estimate of drug-likeness (QED) is 0.843. The molecule has 7 heteroatoms. The number of hydrogen-bond donors (Lipinski definition) is 2. The first kappa shape index (κ1) is 14.8. The van der Waals surface area contributed by atoms with Crippen LogP contribution in [0.2, 0.25) is 0 Å². The van der Waals surface area contributed by atoms with E-state index in [0.29, 0.717) is 23.9 Å². The maximum atomic E-state index is 5.56. The molecule has 0 bridgehead atoms. The van der Waals surface area contributed by atoms with E-state index in [1.165, 1.54) is 0 Å². The Kier molecular flexibility index (Phi) is 4.94. The molecule has 112 valence electrons. The molecular formula is C13H24N6O. The number of hydrogen-bond acceptors (Lipinski definition) is 7. The Hall–Kier alpha value is -1.63. The van der Waals surface area contributed by atoms with Gasteiger partial charge in [0.1, 0.15) is 0 Å². The molecule has 1 aliphatic heterocycles. The van der Waals surface area contributed by atoms with E-state index >= 15 is 0 Å². The van der Waals surface area contributed by atoms with Crippen molar-refractivity contribution in [2.24, 2.45) is 0 Å². The van der Waals surface area contributed by atoms with Gasteiger partial charge in [0, 0.05) is 33.3 Å². The largest absolute Gasteiger partial charge is 0.378 e. The van der Waals surface area contributed by atoms with E-state index in [-0.39, 0.29) is 6.10 Å². The van der Waals surface area contributed by atoms with E-state index in [1.54, 1.807) is 0 Å². The van der Waals surface area contributed by atoms with Crippen molar-refractivity contribution >= 4 is 17.8 Å². The van der Waals surface area contributed by atoms with Gasteiger partial charge >= 0.3 is 0 Å². The number of rotatable bonds is 5. The van der Waals surface area contributed by atoms with Gasteiger partial charge in [0.25, 0.3) is 0 Å². The maximum absolute atomic E-state index is 5.56. The lowest BCUT2D eigenvalue weighted by Crippen LogP contribution is -2.33. The SMILES string of the molecule is CCNc1nc(NC2CCOC(C)C2)nc(N(C)C)n1. The molecule has 20 heavy (non-hydrogen) atoms. The predicted octanol–water partition coefficient (Wildman–Crippen LogP) is 1.35. The summed E-state index contributed by atoms with van der Waals surface area (Å²) in [5, 5.41) is 6.53. The van der Waals surface area contributed by atoms with Crippen LogP contribution in [-0.2, 0) is 4.74 Å². The van der Waals surface area contributed by atoms with E-state index in [1.807, 2.05) is 25.9 Å². The molecule has 1 aromatic heterocycles. The van der Waals surface area contributed by atoms with Crippen LogP contribution in [0.5, 0.6) is 0 Å². The summed E-state index contributed by atoms with van der Waals surface area (Å²) in [7, 11) is 3.84. The van der Waals surface area contributed by atoms with Crippen molar-refractivity contribution in [1.29, 1.82) is 0 Å². The van der Waals surface area contributed by atoms with Crippen LogP contribution in [0.25, 0.3) is 0 Å². The summed E-state index contributed by atoms with van der Waals surface area (Å²) in [6.07, 6.45) is 2.23. The maximum Gasteiger partial charge on any atom is 0.231 e. The second kappa shape index (κ2) is 6.69. The number of nitrogens with zero attached hydrogens (tertiary/aromatic N) is 4. The number of anilines is 3. The van der Waals surface area contributed by atoms with E-state index < -0.39 is 0 Å². The molecule has 2 heterocycles. The second-order valence-electron chi connectivity index (χ2n) is 5.25. The highest BCUT2D eigenvalue weighted by molar-refractivity contribution is 5.43. The fourth-order valence-corrected chi connectivity index (χ4v) is 2.18. The van der Waals surface area contributed by atoms with Gasteiger partial charge in [-0.3, -0.25) is 0 Å². The van der Waals surface area contributed by atoms with Crippen molar-refractivity contribution in [3.05, 3.63) is 0 Å². The zero-order valence-corrected chi connectivity index (χ0v) is 12.7. The highest BCUT2D eigenvalue weighted by atomic mass is 16.5. The van der Waals surface area contributed by atoms with Gasteiger partial charge in [-0.05, 0) is 26.7 Å². The zero-order valence-electron chi connectivity index (χ0n) is 12.7. The molecule has 1 aromatic rings. The van der Waals surface area contributed by atoms with Crippen molar-refractivity contribution in [2.45, 2.75) is 38.8 Å². The summed E-state index contributed by atoms with van der Waals surface area (Å²) in [5.41, 5.74) is 0. The van der Waals surface area contributed by atoms with Gasteiger partial charge in [-0.1, -0.05) is 0 Å². The predicted molar refractivity (Wildman–Crippen MR) is 80.4 cm³/mol. The minimum absolute atomic E-state index is 0.282. The summed E-state index contributed by atoms with van der Waals surface area (Å²) in [6.45, 7) is 5.68. The number of ether oxygens (including phenoxy) is 1. The van der Waals surface area contributed by atoms with Crippen LogP contribution in [0.1, 0.15) is 26.7 Å². The van der Waals surface area contributed by atoms with Crippen LogP contribution >= 0.6 is 0 Å². The van der Waals surface area contributed by atoms with E-state index in [4.69, 9.17) is 4.74 Å². The lowest BCUT2D eigenvalue weighted by Gasteiger charge is -2.28. The standard InChI is InChI=1S/C13H24N6O/c1-5-14-11-16-12(18-13(17-11)19(3)4)15-10-6-7-20-9(2)8-10/h9-10H,5-8H2,1-4H3,(H2,14,15,16,17,18). The van der Waals surface area contributed by atoms with Gasteiger partial charge in [0.15, 0.2) is 0 Å². The van der Waals surface area contributed by atoms with Crippen molar-refractivity contribution in [2.75, 3.05) is 42.8 Å². The lowest BCUT2D eigenvalue weighted by atomic mass is 10.0. The Morgan fingerprint density at radius 1 is 1.25 bits per heavy atom. The van der Waals surface area contributed by atoms with Crippen LogP contribution in [-0.4, -0.2) is 54.3 Å². The molecule has 7 nitrogen and oxygen atoms in total. The van der Waals surface area contributed by atoms with Crippen molar-refractivity contribution in [3.63, 3.8) is 0 Å². The van der Waals surface area contributed by atoms with Crippen molar-refractivity contribution in [3.8, 4) is 0 Å². The topological polar surface area (TPSA) is 75.2 Å². The lowest BCUT2D eigenvalue weighted by molar-refractivity contribution is 0.0231. The monoisotopic (exact) mass is 280 g/mol. The van der Waals surface area contributed by atoms with Crippen LogP contribution in [0.15, 0.2) is 0 Å². The average Bonchev–Trinajstić information content (AvgIpc) is 2.38. The third kappa shape index (κ3) is 3.93. The third-order valence-corrected chi connectivity index (χ3v) is 3.18. The van der Waals surface area contributed by atoms with Crippen LogP contribution in [0.4, 0.5) is 17.8 Å². The Balaban J connectivity index is 2.12. The van der Waals surface area contributed by atoms with Gasteiger partial charge in [-0.2, -0.15) is 15.0 Å². The highest BCUT2D eigenvalue weighted by Gasteiger charge is 2.20. The molecule has 2 rings (SSSR count). The molecule has 0 amide bonds. The molecule has 2 unspecified atom stereocenters. The van der Waals surface area contributed by atoms with Crippen LogP contribution in [0.3, 0.4) is 0 Å². The van der Waals surface area contributed by atoms with E-state index in [0.717, 1.165) is 26.0 Å². The molecule has 0 spiro atoms. The molecule has 1 aliphatic rings. The number of nitrogens with one attached hydrogen (secondary N) is 2. The number of aromatic nitrogens is 3. The molecule has 0 saturated carbocycles. The Morgan fingerprint density at radius 3 is 2.65 bits per heavy atom. The fraction of sp³-hybridized carbons (Fsp3) is 0.769. The first-order valence-electron chi connectivity index (χ1n) is 7.14. The fourth-order valence-electron chi connectivity index (χ4n) is 2.18. The molecule has 2 atom stereocenters. The molecule has 1 saturated heterocycles. The van der Waals surface area contributed by atoms with Crippen LogP contribution < -0.4 is 15.5 Å². The first-order valence-corrected chi connectivity index (χ1v) is 7.14. The van der Waals surface area contributed by atoms with Gasteiger partial charge < -0.3 is 20.3 Å². The summed E-state index contributed by atoms with van der Waals surface area (Å²) < 4.78 is 5.56. The second-order valence-corrected chi connectivity index (χ2v) is 5.25. The Labute approximate surface area is 120 Å². The molecular weight excluding hydrogens is 256 g/mol. The van der Waals surface area contributed by atoms with Gasteiger partial charge in [-0.15, -0.1) is 0 Å². The van der Waals surface area contributed by atoms with Crippen molar-refractivity contribution in [1.82, 2.24) is 15.0 Å². The molecule has 2 N–H and O–H groups in total. The third-order valence-electron chi connectivity index (χ3n) is 3.18. The Bertz CT molecular complexity index is 439. The highest BCUT2D eigenvalue weighted by Crippen LogP contribution is 2.18. The normalized spacial score (nSPS) is 22.4. The molecule has 0 aromatic carbocycles. The Morgan fingerprint density at radius 2 is 2.00 bits per heavy atom. The van der Waals surface area contributed by atoms with Gasteiger partial charge in [0.2, 0.25) is 17.8 Å². The smallest absolute Gasteiger partial charge is 0.231 e. The average molecular weight is 280 g/mol. The summed E-state index contributed by atoms with van der Waals surface area (Å²) in [5.74, 6) is 1.88. The van der Waals surface area contributed by atoms with Gasteiger partial charge in [0.05, 0.1) is 6.10 Å². The van der Waals surface area contributed by atoms with E-state index in [9.17, 15) is 0 Å². The summed E-state index contributed by atoms with van der Waals surface area (Å²) >= 11 is 0. The molecule has 0 radical (unpaired) electrons. The minimum atomic E-state index is 0.282.